The highest BCUT2D eigenvalue weighted by Crippen LogP contribution is 2.20. The lowest BCUT2D eigenvalue weighted by atomic mass is 10.3. The molecule has 0 saturated carbocycles. The molecule has 0 saturated heterocycles. The lowest BCUT2D eigenvalue weighted by Gasteiger charge is -1.88. The molecule has 2 rings (SSSR count). The van der Waals surface area contributed by atoms with Gasteiger partial charge >= 0.3 is 0 Å². The molecule has 6 nitrogen and oxygen atoms in total. The average Bonchev–Trinajstić information content (AvgIpc) is 2.85. The van der Waals surface area contributed by atoms with Gasteiger partial charge in [0.1, 0.15) is 10.7 Å². The molecule has 0 aliphatic rings. The molecule has 0 fully saturated rings. The Morgan fingerprint density at radius 1 is 1.43 bits per heavy atom. The molecule has 2 aromatic heterocycles. The molecule has 14 heavy (non-hydrogen) atoms. The maximum absolute atomic E-state index is 5.41. The molecule has 0 spiro atoms. The van der Waals surface area contributed by atoms with Gasteiger partial charge in [-0.15, -0.1) is 10.2 Å². The third kappa shape index (κ3) is 1.94. The van der Waals surface area contributed by atoms with Crippen molar-refractivity contribution in [1.29, 1.82) is 0 Å². The van der Waals surface area contributed by atoms with Crippen LogP contribution in [0.3, 0.4) is 0 Å². The van der Waals surface area contributed by atoms with Crippen LogP contribution in [0.2, 0.25) is 0 Å². The van der Waals surface area contributed by atoms with Crippen molar-refractivity contribution in [2.75, 3.05) is 6.54 Å². The monoisotopic (exact) mass is 210 g/mol. The number of nitrogens with zero attached hydrogens (tertiary/aromatic N) is 4. The van der Waals surface area contributed by atoms with Gasteiger partial charge in [0, 0.05) is 6.42 Å². The minimum Gasteiger partial charge on any atom is -0.330 e. The fourth-order valence-electron chi connectivity index (χ4n) is 1.02. The molecule has 7 heteroatoms. The lowest BCUT2D eigenvalue weighted by Crippen LogP contribution is -1.99. The van der Waals surface area contributed by atoms with Crippen LogP contribution < -0.4 is 5.73 Å². The first-order chi connectivity index (χ1) is 6.90. The summed E-state index contributed by atoms with van der Waals surface area (Å²) in [6, 6.07) is 0. The molecule has 3 N–H and O–H groups in total. The van der Waals surface area contributed by atoms with Crippen LogP contribution in [0.5, 0.6) is 0 Å². The molecule has 0 aliphatic carbocycles. The summed E-state index contributed by atoms with van der Waals surface area (Å²) in [6.07, 6.45) is 3.45. The predicted molar refractivity (Wildman–Crippen MR) is 52.7 cm³/mol. The Morgan fingerprint density at radius 2 is 2.36 bits per heavy atom. The Labute approximate surface area is 84.6 Å². The molecule has 0 atom stereocenters. The minimum absolute atomic E-state index is 0.679. The second-order valence-electron chi connectivity index (χ2n) is 2.75. The van der Waals surface area contributed by atoms with Crippen LogP contribution in [0.1, 0.15) is 11.4 Å². The highest BCUT2D eigenvalue weighted by Gasteiger charge is 2.07. The topological polar surface area (TPSA) is 93.4 Å². The van der Waals surface area contributed by atoms with E-state index in [2.05, 4.69) is 25.6 Å². The van der Waals surface area contributed by atoms with E-state index in [0.717, 1.165) is 28.6 Å². The molecule has 0 radical (unpaired) electrons. The van der Waals surface area contributed by atoms with Crippen molar-refractivity contribution in [2.45, 2.75) is 12.8 Å². The van der Waals surface area contributed by atoms with Crippen LogP contribution in [-0.4, -0.2) is 32.2 Å². The van der Waals surface area contributed by atoms with Crippen LogP contribution in [-0.2, 0) is 6.42 Å². The largest absolute Gasteiger partial charge is 0.330 e. The van der Waals surface area contributed by atoms with Gasteiger partial charge < -0.3 is 5.73 Å². The van der Waals surface area contributed by atoms with Crippen molar-refractivity contribution >= 4 is 11.3 Å². The van der Waals surface area contributed by atoms with Crippen molar-refractivity contribution in [3.63, 3.8) is 0 Å². The first kappa shape index (κ1) is 9.22. The van der Waals surface area contributed by atoms with E-state index >= 15 is 0 Å². The Hall–Kier alpha value is -1.34. The van der Waals surface area contributed by atoms with Gasteiger partial charge in [0.05, 0.1) is 6.20 Å². The van der Waals surface area contributed by atoms with Crippen molar-refractivity contribution in [2.24, 2.45) is 5.73 Å². The van der Waals surface area contributed by atoms with E-state index in [1.54, 1.807) is 6.20 Å². The van der Waals surface area contributed by atoms with Crippen molar-refractivity contribution in [1.82, 2.24) is 25.6 Å². The Morgan fingerprint density at radius 3 is 3.07 bits per heavy atom. The number of rotatable bonds is 4. The van der Waals surface area contributed by atoms with Crippen LogP contribution >= 0.6 is 11.3 Å². The number of aromatic nitrogens is 5. The number of aryl methyl sites for hydroxylation is 1. The molecule has 0 aromatic carbocycles. The molecule has 2 heterocycles. The molecule has 0 aliphatic heterocycles. The maximum Gasteiger partial charge on any atom is 0.169 e. The maximum atomic E-state index is 5.41. The third-order valence-electron chi connectivity index (χ3n) is 1.70. The van der Waals surface area contributed by atoms with Gasteiger partial charge in [0.2, 0.25) is 0 Å². The number of nitrogens with two attached hydrogens (primary N) is 1. The van der Waals surface area contributed by atoms with E-state index in [-0.39, 0.29) is 0 Å². The number of H-pyrrole nitrogens is 1. The lowest BCUT2D eigenvalue weighted by molar-refractivity contribution is 0.812. The Balaban J connectivity index is 2.10. The highest BCUT2D eigenvalue weighted by atomic mass is 32.1. The summed E-state index contributed by atoms with van der Waals surface area (Å²) in [6.45, 7) is 0.679. The zero-order valence-electron chi connectivity index (χ0n) is 7.47. The first-order valence-corrected chi connectivity index (χ1v) is 5.10. The first-order valence-electron chi connectivity index (χ1n) is 4.28. The number of hydrogen-bond acceptors (Lipinski definition) is 6. The summed E-state index contributed by atoms with van der Waals surface area (Å²) in [4.78, 5) is 0. The smallest absolute Gasteiger partial charge is 0.169 e. The van der Waals surface area contributed by atoms with E-state index < -0.39 is 0 Å². The summed E-state index contributed by atoms with van der Waals surface area (Å²) < 4.78 is 0. The van der Waals surface area contributed by atoms with Gasteiger partial charge in [0.15, 0.2) is 5.01 Å². The van der Waals surface area contributed by atoms with E-state index in [1.807, 2.05) is 0 Å². The Kier molecular flexibility index (Phi) is 2.80. The van der Waals surface area contributed by atoms with Gasteiger partial charge in [-0.25, -0.2) is 0 Å². The van der Waals surface area contributed by atoms with Crippen molar-refractivity contribution in [3.05, 3.63) is 11.2 Å². The molecule has 0 unspecified atom stereocenters. The van der Waals surface area contributed by atoms with Gasteiger partial charge in [-0.3, -0.25) is 0 Å². The average molecular weight is 210 g/mol. The third-order valence-corrected chi connectivity index (χ3v) is 2.70. The molecule has 0 amide bonds. The minimum atomic E-state index is 0.679. The van der Waals surface area contributed by atoms with Crippen LogP contribution in [0, 0.1) is 0 Å². The van der Waals surface area contributed by atoms with Gasteiger partial charge in [-0.05, 0) is 13.0 Å². The number of nitrogens with one attached hydrogen (secondary N) is 1. The predicted octanol–water partition coefficient (Wildman–Crippen LogP) is 0.214. The standard InChI is InChI=1S/C7H10N6S/c8-3-1-2-6-11-12-7(14-6)5-4-9-13-10-5/h4H,1-3,8H2,(H,9,10,13). The molecule has 2 aromatic rings. The van der Waals surface area contributed by atoms with E-state index in [0.29, 0.717) is 6.54 Å². The SMILES string of the molecule is NCCCc1nnc(-c2cn[nH]n2)s1. The highest BCUT2D eigenvalue weighted by molar-refractivity contribution is 7.14. The van der Waals surface area contributed by atoms with Gasteiger partial charge in [-0.2, -0.15) is 15.4 Å². The Bertz CT molecular complexity index is 381. The number of hydrogen-bond donors (Lipinski definition) is 2. The molecule has 74 valence electrons. The van der Waals surface area contributed by atoms with Crippen molar-refractivity contribution in [3.8, 4) is 10.7 Å². The summed E-state index contributed by atoms with van der Waals surface area (Å²) in [5.74, 6) is 0. The van der Waals surface area contributed by atoms with E-state index in [4.69, 9.17) is 5.73 Å². The fourth-order valence-corrected chi connectivity index (χ4v) is 1.85. The zero-order chi connectivity index (χ0) is 9.80. The number of aromatic amines is 1. The summed E-state index contributed by atoms with van der Waals surface area (Å²) in [5, 5.41) is 20.0. The second-order valence-corrected chi connectivity index (χ2v) is 3.81. The molecular weight excluding hydrogens is 200 g/mol. The fraction of sp³-hybridized carbons (Fsp3) is 0.429. The summed E-state index contributed by atoms with van der Waals surface area (Å²) in [7, 11) is 0. The summed E-state index contributed by atoms with van der Waals surface area (Å²) in [5.41, 5.74) is 6.14. The zero-order valence-corrected chi connectivity index (χ0v) is 8.29. The van der Waals surface area contributed by atoms with Crippen LogP contribution in [0.25, 0.3) is 10.7 Å². The normalized spacial score (nSPS) is 10.6. The quantitative estimate of drug-likeness (QED) is 0.752. The molecule has 0 bridgehead atoms. The van der Waals surface area contributed by atoms with Crippen molar-refractivity contribution < 1.29 is 0 Å². The van der Waals surface area contributed by atoms with Crippen LogP contribution in [0.4, 0.5) is 0 Å². The second kappa shape index (κ2) is 4.25. The summed E-state index contributed by atoms with van der Waals surface area (Å²) >= 11 is 1.53. The molecular formula is C7H10N6S. The van der Waals surface area contributed by atoms with E-state index in [1.165, 1.54) is 11.3 Å². The van der Waals surface area contributed by atoms with E-state index in [9.17, 15) is 0 Å². The van der Waals surface area contributed by atoms with Gasteiger partial charge in [-0.1, -0.05) is 11.3 Å². The van der Waals surface area contributed by atoms with Gasteiger partial charge in [0.25, 0.3) is 0 Å². The van der Waals surface area contributed by atoms with Crippen LogP contribution in [0.15, 0.2) is 6.20 Å².